The number of nitrogens with one attached hydrogen (secondary N) is 1. The molecule has 1 aromatic carbocycles. The number of amides is 2. The van der Waals surface area contributed by atoms with Gasteiger partial charge in [0.25, 0.3) is 0 Å². The van der Waals surface area contributed by atoms with Gasteiger partial charge in [-0.05, 0) is 31.4 Å². The molecule has 1 fully saturated rings. The summed E-state index contributed by atoms with van der Waals surface area (Å²) in [4.78, 5) is 23.5. The summed E-state index contributed by atoms with van der Waals surface area (Å²) >= 11 is 0. The number of fused-ring (bicyclic) bond motifs is 1. The maximum atomic E-state index is 13.2. The molecule has 0 saturated carbocycles. The van der Waals surface area contributed by atoms with Gasteiger partial charge in [-0.15, -0.1) is 0 Å². The van der Waals surface area contributed by atoms with Crippen LogP contribution in [0.4, 0.5) is 13.2 Å². The number of hydrogen-bond acceptors (Lipinski definition) is 3. The van der Waals surface area contributed by atoms with Crippen LogP contribution in [-0.4, -0.2) is 27.8 Å². The lowest BCUT2D eigenvalue weighted by molar-refractivity contribution is -0.164. The van der Waals surface area contributed by atoms with Crippen molar-refractivity contribution >= 4 is 22.7 Å². The van der Waals surface area contributed by atoms with Crippen LogP contribution in [0.25, 0.3) is 10.9 Å². The number of halogens is 3. The van der Waals surface area contributed by atoms with Crippen molar-refractivity contribution in [2.45, 2.75) is 51.2 Å². The molecule has 1 saturated heterocycles. The Bertz CT molecular complexity index is 842. The van der Waals surface area contributed by atoms with Crippen LogP contribution < -0.4 is 5.32 Å². The predicted octanol–water partition coefficient (Wildman–Crippen LogP) is 3.24. The average Bonchev–Trinajstić information content (AvgIpc) is 2.91. The second-order valence-corrected chi connectivity index (χ2v) is 6.26. The fourth-order valence-corrected chi connectivity index (χ4v) is 3.07. The molecule has 5 nitrogen and oxygen atoms in total. The van der Waals surface area contributed by atoms with Crippen molar-refractivity contribution in [2.75, 3.05) is 0 Å². The van der Waals surface area contributed by atoms with E-state index in [4.69, 9.17) is 0 Å². The molecule has 1 aromatic heterocycles. The fraction of sp³-hybridized carbons (Fsp3) is 0.471. The topological polar surface area (TPSA) is 64.0 Å². The van der Waals surface area contributed by atoms with E-state index >= 15 is 0 Å². The van der Waals surface area contributed by atoms with Gasteiger partial charge in [0.1, 0.15) is 6.04 Å². The van der Waals surface area contributed by atoms with Gasteiger partial charge < -0.3 is 0 Å². The minimum atomic E-state index is -4.46. The Labute approximate surface area is 142 Å². The van der Waals surface area contributed by atoms with Gasteiger partial charge in [0, 0.05) is 11.8 Å². The van der Waals surface area contributed by atoms with E-state index in [9.17, 15) is 22.8 Å². The first-order valence-electron chi connectivity index (χ1n) is 8.13. The molecule has 1 N–H and O–H groups in total. The van der Waals surface area contributed by atoms with Crippen molar-refractivity contribution in [3.05, 3.63) is 29.5 Å². The summed E-state index contributed by atoms with van der Waals surface area (Å²) in [6.07, 6.45) is -3.39. The molecule has 134 valence electrons. The highest BCUT2D eigenvalue weighted by Gasteiger charge is 2.40. The third-order valence-electron chi connectivity index (χ3n) is 4.62. The monoisotopic (exact) mass is 353 g/mol. The molecular weight excluding hydrogens is 335 g/mol. The predicted molar refractivity (Wildman–Crippen MR) is 85.0 cm³/mol. The van der Waals surface area contributed by atoms with E-state index in [1.165, 1.54) is 0 Å². The Morgan fingerprint density at radius 2 is 2.08 bits per heavy atom. The smallest absolute Gasteiger partial charge is 0.296 e. The van der Waals surface area contributed by atoms with Gasteiger partial charge in [-0.3, -0.25) is 19.6 Å². The van der Waals surface area contributed by atoms with Crippen LogP contribution in [0.3, 0.4) is 0 Å². The van der Waals surface area contributed by atoms with Crippen LogP contribution >= 0.6 is 0 Å². The quantitative estimate of drug-likeness (QED) is 0.862. The molecule has 2 atom stereocenters. The molecule has 0 spiro atoms. The maximum absolute atomic E-state index is 13.2. The molecule has 2 unspecified atom stereocenters. The number of aromatic nitrogens is 2. The molecule has 0 radical (unpaired) electrons. The highest BCUT2D eigenvalue weighted by Crippen LogP contribution is 2.36. The van der Waals surface area contributed by atoms with Crippen LogP contribution in [0.1, 0.15) is 49.9 Å². The van der Waals surface area contributed by atoms with E-state index in [-0.39, 0.29) is 18.7 Å². The molecule has 3 rings (SSSR count). The fourth-order valence-electron chi connectivity index (χ4n) is 3.07. The summed E-state index contributed by atoms with van der Waals surface area (Å²) in [5.74, 6) is -1.61. The molecular formula is C17H18F3N3O2. The van der Waals surface area contributed by atoms with Crippen molar-refractivity contribution in [3.63, 3.8) is 0 Å². The Hall–Kier alpha value is -2.38. The molecule has 0 aliphatic carbocycles. The van der Waals surface area contributed by atoms with Crippen molar-refractivity contribution in [1.82, 2.24) is 15.1 Å². The highest BCUT2D eigenvalue weighted by molar-refractivity contribution is 6.02. The Balaban J connectivity index is 2.16. The van der Waals surface area contributed by atoms with Gasteiger partial charge in [-0.25, -0.2) is 0 Å². The Kier molecular flexibility index (Phi) is 4.30. The first kappa shape index (κ1) is 17.4. The number of piperidine rings is 1. The number of benzene rings is 1. The molecule has 2 heterocycles. The van der Waals surface area contributed by atoms with Crippen LogP contribution in [0.5, 0.6) is 0 Å². The second-order valence-electron chi connectivity index (χ2n) is 6.26. The first-order valence-corrected chi connectivity index (χ1v) is 8.13. The van der Waals surface area contributed by atoms with E-state index in [1.807, 2.05) is 13.0 Å². The van der Waals surface area contributed by atoms with Gasteiger partial charge in [0.2, 0.25) is 11.8 Å². The lowest BCUT2D eigenvalue weighted by atomic mass is 9.92. The van der Waals surface area contributed by atoms with E-state index in [2.05, 4.69) is 10.4 Å². The summed E-state index contributed by atoms with van der Waals surface area (Å²) in [6, 6.07) is 3.39. The minimum absolute atomic E-state index is 0.145. The number of hydrogen-bond donors (Lipinski definition) is 1. The molecule has 2 aromatic rings. The third kappa shape index (κ3) is 3.12. The van der Waals surface area contributed by atoms with E-state index in [0.29, 0.717) is 23.0 Å². The molecule has 8 heteroatoms. The zero-order valence-corrected chi connectivity index (χ0v) is 13.9. The zero-order chi connectivity index (χ0) is 18.4. The summed E-state index contributed by atoms with van der Waals surface area (Å²) in [6.45, 7) is 2.95. The Morgan fingerprint density at radius 1 is 1.36 bits per heavy atom. The van der Waals surface area contributed by atoms with Crippen molar-refractivity contribution in [3.8, 4) is 0 Å². The average molecular weight is 353 g/mol. The number of aryl methyl sites for hydroxylation is 1. The summed E-state index contributed by atoms with van der Waals surface area (Å²) < 4.78 is 40.7. The number of carbonyl (C=O) groups is 2. The number of carbonyl (C=O) groups excluding carboxylic acids is 2. The maximum Gasteiger partial charge on any atom is 0.410 e. The van der Waals surface area contributed by atoms with Crippen LogP contribution in [0.15, 0.2) is 18.2 Å². The van der Waals surface area contributed by atoms with Crippen LogP contribution in [0.2, 0.25) is 0 Å². The lowest BCUT2D eigenvalue weighted by Gasteiger charge is -2.20. The largest absolute Gasteiger partial charge is 0.410 e. The molecule has 2 amide bonds. The van der Waals surface area contributed by atoms with Gasteiger partial charge in [0.15, 0.2) is 0 Å². The van der Waals surface area contributed by atoms with Crippen molar-refractivity contribution in [2.24, 2.45) is 0 Å². The van der Waals surface area contributed by atoms with E-state index in [0.717, 1.165) is 17.2 Å². The second kappa shape index (κ2) is 6.16. The summed E-state index contributed by atoms with van der Waals surface area (Å²) in [7, 11) is 0. The van der Waals surface area contributed by atoms with Gasteiger partial charge in [-0.1, -0.05) is 19.1 Å². The highest BCUT2D eigenvalue weighted by atomic mass is 19.4. The van der Waals surface area contributed by atoms with E-state index in [1.54, 1.807) is 12.1 Å². The SMILES string of the molecule is CCc1ccc2c(C3CCC(=O)NC3=O)nn(C(C)C(F)(F)F)c2c1. The van der Waals surface area contributed by atoms with Crippen LogP contribution in [0, 0.1) is 0 Å². The van der Waals surface area contributed by atoms with E-state index < -0.39 is 24.0 Å². The molecule has 1 aliphatic heterocycles. The summed E-state index contributed by atoms with van der Waals surface area (Å²) in [5.41, 5.74) is 1.53. The summed E-state index contributed by atoms with van der Waals surface area (Å²) in [5, 5.41) is 6.91. The number of nitrogens with zero attached hydrogens (tertiary/aromatic N) is 2. The Morgan fingerprint density at radius 3 is 2.68 bits per heavy atom. The number of rotatable bonds is 3. The first-order chi connectivity index (χ1) is 11.7. The van der Waals surface area contributed by atoms with Gasteiger partial charge in [-0.2, -0.15) is 18.3 Å². The molecule has 1 aliphatic rings. The van der Waals surface area contributed by atoms with Gasteiger partial charge >= 0.3 is 6.18 Å². The zero-order valence-electron chi connectivity index (χ0n) is 13.9. The number of alkyl halides is 3. The minimum Gasteiger partial charge on any atom is -0.296 e. The third-order valence-corrected chi connectivity index (χ3v) is 4.62. The van der Waals surface area contributed by atoms with Crippen molar-refractivity contribution in [1.29, 1.82) is 0 Å². The lowest BCUT2D eigenvalue weighted by Crippen LogP contribution is -2.39. The van der Waals surface area contributed by atoms with Gasteiger partial charge in [0.05, 0.1) is 17.1 Å². The van der Waals surface area contributed by atoms with Crippen LogP contribution in [-0.2, 0) is 16.0 Å². The normalized spacial score (nSPS) is 20.0. The standard InChI is InChI=1S/C17H18F3N3O2/c1-3-10-4-5-11-13(8-10)23(9(2)17(18,19)20)22-15(11)12-6-7-14(24)21-16(12)25/h4-5,8-9,12H,3,6-7H2,1-2H3,(H,21,24,25). The molecule has 25 heavy (non-hydrogen) atoms. The van der Waals surface area contributed by atoms with Crippen molar-refractivity contribution < 1.29 is 22.8 Å². The number of imide groups is 1. The molecule has 0 bridgehead atoms.